The van der Waals surface area contributed by atoms with Gasteiger partial charge in [0.05, 0.1) is 31.2 Å². The molecule has 1 aromatic carbocycles. The van der Waals surface area contributed by atoms with Gasteiger partial charge in [0.2, 0.25) is 0 Å². The number of methoxy groups -OCH3 is 2. The van der Waals surface area contributed by atoms with E-state index in [1.165, 1.54) is 0 Å². The fraction of sp³-hybridized carbons (Fsp3) is 0.690. The molecule has 0 heterocycles. The van der Waals surface area contributed by atoms with E-state index in [2.05, 4.69) is 44.8 Å². The Kier molecular flexibility index (Phi) is 14.6. The molecule has 0 radical (unpaired) electrons. The Balaban J connectivity index is 2.94. The highest BCUT2D eigenvalue weighted by Crippen LogP contribution is 2.37. The fourth-order valence-electron chi connectivity index (χ4n) is 3.19. The number of hydrogen-bond acceptors (Lipinski definition) is 6. The zero-order valence-electron chi connectivity index (χ0n) is 25.3. The van der Waals surface area contributed by atoms with Gasteiger partial charge >= 0.3 is 0 Å². The van der Waals surface area contributed by atoms with E-state index in [1.54, 1.807) is 20.4 Å². The molecule has 0 saturated heterocycles. The molecule has 0 aliphatic heterocycles. The molecular formula is C29H51NO6SSi. The number of benzene rings is 1. The van der Waals surface area contributed by atoms with Gasteiger partial charge in [0.15, 0.2) is 8.32 Å². The van der Waals surface area contributed by atoms with Crippen LogP contribution in [0.15, 0.2) is 40.8 Å². The Hall–Kier alpha value is -1.36. The second kappa shape index (κ2) is 16.0. The van der Waals surface area contributed by atoms with Crippen molar-refractivity contribution in [3.8, 4) is 5.75 Å². The maximum absolute atomic E-state index is 12.7. The predicted molar refractivity (Wildman–Crippen MR) is 161 cm³/mol. The summed E-state index contributed by atoms with van der Waals surface area (Å²) in [5, 5.41) is 0.0852. The topological polar surface area (TPSA) is 75.6 Å². The number of ether oxygens (including phenoxy) is 4. The first-order chi connectivity index (χ1) is 17.6. The fourth-order valence-corrected chi connectivity index (χ4v) is 4.75. The minimum absolute atomic E-state index is 0.0852. The normalized spacial score (nSPS) is 15.4. The van der Waals surface area contributed by atoms with Gasteiger partial charge in [-0.05, 0) is 75.0 Å². The van der Waals surface area contributed by atoms with Crippen LogP contribution in [0.1, 0.15) is 59.9 Å². The zero-order valence-corrected chi connectivity index (χ0v) is 27.1. The lowest BCUT2D eigenvalue weighted by atomic mass is 9.93. The zero-order chi connectivity index (χ0) is 29.0. The van der Waals surface area contributed by atoms with E-state index in [0.29, 0.717) is 19.8 Å². The first kappa shape index (κ1) is 34.7. The molecule has 0 bridgehead atoms. The SMILES string of the molecule is C=C(CO[Si](C)(C)C(C)(C)C)[C@H](OCOC)[C@H](/C=N/S(=O)C(C)(C)C)CCCOCc1ccc(OC)cc1. The van der Waals surface area contributed by atoms with Crippen molar-refractivity contribution in [2.24, 2.45) is 10.3 Å². The highest BCUT2D eigenvalue weighted by Gasteiger charge is 2.38. The molecule has 0 aliphatic carbocycles. The summed E-state index contributed by atoms with van der Waals surface area (Å²) >= 11 is 0. The molecule has 0 amide bonds. The third-order valence-electron chi connectivity index (χ3n) is 6.71. The lowest BCUT2D eigenvalue weighted by molar-refractivity contribution is -0.0717. The quantitative estimate of drug-likeness (QED) is 0.0682. The van der Waals surface area contributed by atoms with Crippen molar-refractivity contribution >= 4 is 25.5 Å². The van der Waals surface area contributed by atoms with Crippen molar-refractivity contribution < 1.29 is 27.6 Å². The van der Waals surface area contributed by atoms with E-state index < -0.39 is 24.1 Å². The molecule has 3 atom stereocenters. The lowest BCUT2D eigenvalue weighted by Crippen LogP contribution is -2.42. The first-order valence-corrected chi connectivity index (χ1v) is 17.2. The second-order valence-electron chi connectivity index (χ2n) is 12.0. The van der Waals surface area contributed by atoms with Gasteiger partial charge in [-0.1, -0.05) is 39.5 Å². The van der Waals surface area contributed by atoms with Gasteiger partial charge < -0.3 is 23.4 Å². The Morgan fingerprint density at radius 3 is 2.26 bits per heavy atom. The summed E-state index contributed by atoms with van der Waals surface area (Å²) in [6.45, 7) is 22.7. The molecule has 0 saturated carbocycles. The maximum atomic E-state index is 12.7. The monoisotopic (exact) mass is 569 g/mol. The molecule has 0 spiro atoms. The Bertz CT molecular complexity index is 890. The predicted octanol–water partition coefficient (Wildman–Crippen LogP) is 6.71. The van der Waals surface area contributed by atoms with E-state index in [9.17, 15) is 4.21 Å². The minimum Gasteiger partial charge on any atom is -0.497 e. The summed E-state index contributed by atoms with van der Waals surface area (Å²) < 4.78 is 45.6. The van der Waals surface area contributed by atoms with Gasteiger partial charge in [-0.15, -0.1) is 0 Å². The Morgan fingerprint density at radius 2 is 1.74 bits per heavy atom. The highest BCUT2D eigenvalue weighted by molar-refractivity contribution is 7.85. The standard InChI is InChI=1S/C29H51NO6SSi/c1-23(20-36-38(10,11)29(5,6)7)27(35-22-32-8)25(19-30-37(31)28(2,3)4)13-12-18-34-21-24-14-16-26(33-9)17-15-24/h14-17,19,25,27H,1,12-13,18,20-22H2,2-11H3/b30-19+/t25-,27-,37?/m0/s1. The van der Waals surface area contributed by atoms with Gasteiger partial charge in [0.25, 0.3) is 0 Å². The number of hydrogen-bond donors (Lipinski definition) is 0. The summed E-state index contributed by atoms with van der Waals surface area (Å²) in [6, 6.07) is 7.85. The van der Waals surface area contributed by atoms with E-state index in [4.69, 9.17) is 23.4 Å². The van der Waals surface area contributed by atoms with Gasteiger partial charge in [-0.2, -0.15) is 4.40 Å². The van der Waals surface area contributed by atoms with Crippen LogP contribution in [0.3, 0.4) is 0 Å². The minimum atomic E-state index is -1.97. The highest BCUT2D eigenvalue weighted by atomic mass is 32.2. The Morgan fingerprint density at radius 1 is 1.11 bits per heavy atom. The van der Waals surface area contributed by atoms with Crippen LogP contribution in [0, 0.1) is 5.92 Å². The van der Waals surface area contributed by atoms with E-state index in [-0.39, 0.29) is 23.9 Å². The van der Waals surface area contributed by atoms with Crippen LogP contribution in [0.2, 0.25) is 18.1 Å². The van der Waals surface area contributed by atoms with Crippen LogP contribution >= 0.6 is 0 Å². The number of rotatable bonds is 17. The summed E-state index contributed by atoms with van der Waals surface area (Å²) in [6.07, 6.45) is 2.88. The van der Waals surface area contributed by atoms with Gasteiger partial charge in [-0.3, -0.25) is 0 Å². The van der Waals surface area contributed by atoms with Crippen molar-refractivity contribution in [3.63, 3.8) is 0 Å². The molecule has 9 heteroatoms. The largest absolute Gasteiger partial charge is 0.497 e. The molecule has 1 aromatic rings. The number of nitrogens with zero attached hydrogens (tertiary/aromatic N) is 1. The van der Waals surface area contributed by atoms with E-state index in [1.807, 2.05) is 45.0 Å². The van der Waals surface area contributed by atoms with Gasteiger partial charge in [0.1, 0.15) is 23.5 Å². The summed E-state index contributed by atoms with van der Waals surface area (Å²) in [5.41, 5.74) is 1.91. The molecule has 38 heavy (non-hydrogen) atoms. The third kappa shape index (κ3) is 12.2. The molecule has 0 N–H and O–H groups in total. The van der Waals surface area contributed by atoms with Crippen molar-refractivity contribution in [3.05, 3.63) is 42.0 Å². The average molecular weight is 570 g/mol. The van der Waals surface area contributed by atoms with Crippen molar-refractivity contribution in [1.82, 2.24) is 0 Å². The lowest BCUT2D eigenvalue weighted by Gasteiger charge is -2.37. The van der Waals surface area contributed by atoms with Crippen LogP contribution in [0.5, 0.6) is 5.75 Å². The van der Waals surface area contributed by atoms with Crippen LogP contribution < -0.4 is 4.74 Å². The summed E-state index contributed by atoms with van der Waals surface area (Å²) in [7, 11) is -0.0989. The van der Waals surface area contributed by atoms with E-state index >= 15 is 0 Å². The van der Waals surface area contributed by atoms with Crippen LogP contribution in [-0.4, -0.2) is 63.8 Å². The molecule has 0 aliphatic rings. The first-order valence-electron chi connectivity index (χ1n) is 13.2. The van der Waals surface area contributed by atoms with Crippen molar-refractivity contribution in [2.75, 3.05) is 34.2 Å². The van der Waals surface area contributed by atoms with Crippen molar-refractivity contribution in [2.45, 2.75) is 90.0 Å². The van der Waals surface area contributed by atoms with Gasteiger partial charge in [-0.25, -0.2) is 4.21 Å². The molecule has 1 rings (SSSR count). The van der Waals surface area contributed by atoms with Crippen molar-refractivity contribution in [1.29, 1.82) is 0 Å². The molecule has 1 unspecified atom stereocenters. The summed E-state index contributed by atoms with van der Waals surface area (Å²) in [5.74, 6) is 0.667. The molecule has 218 valence electrons. The van der Waals surface area contributed by atoms with Crippen LogP contribution in [-0.2, 0) is 36.2 Å². The molecule has 0 aromatic heterocycles. The molecule has 7 nitrogen and oxygen atoms in total. The molecule has 0 fully saturated rings. The van der Waals surface area contributed by atoms with Crippen LogP contribution in [0.25, 0.3) is 0 Å². The summed E-state index contributed by atoms with van der Waals surface area (Å²) in [4.78, 5) is 0. The molecular weight excluding hydrogens is 518 g/mol. The third-order valence-corrected chi connectivity index (χ3v) is 12.5. The smallest absolute Gasteiger partial charge is 0.192 e. The average Bonchev–Trinajstić information content (AvgIpc) is 2.84. The van der Waals surface area contributed by atoms with E-state index in [0.717, 1.165) is 29.7 Å². The second-order valence-corrected chi connectivity index (χ2v) is 18.8. The Labute approximate surface area is 235 Å². The van der Waals surface area contributed by atoms with Gasteiger partial charge in [0, 0.05) is 25.8 Å². The van der Waals surface area contributed by atoms with Crippen LogP contribution in [0.4, 0.5) is 0 Å². The maximum Gasteiger partial charge on any atom is 0.192 e.